The minimum Gasteiger partial charge on any atom is -0.478 e. The molecule has 0 fully saturated rings. The number of amides is 3. The summed E-state index contributed by atoms with van der Waals surface area (Å²) >= 11 is 0. The molecule has 0 saturated carbocycles. The lowest BCUT2D eigenvalue weighted by atomic mass is 9.93. The number of primary amides is 1. The standard InChI is InChI=1S/C14H19N3O4/c1-14(2,12(15)20)8-17-13(21)16-7-9-3-5-10(6-4-9)11(18)19/h3-6H,7-8H2,1-2H3,(H2,15,20)(H,18,19)(H2,16,17,21). The van der Waals surface area contributed by atoms with Gasteiger partial charge in [-0.25, -0.2) is 9.59 Å². The van der Waals surface area contributed by atoms with E-state index in [-0.39, 0.29) is 18.7 Å². The molecular weight excluding hydrogens is 274 g/mol. The third-order valence-corrected chi connectivity index (χ3v) is 3.01. The van der Waals surface area contributed by atoms with Crippen molar-refractivity contribution in [1.29, 1.82) is 0 Å². The van der Waals surface area contributed by atoms with Crippen LogP contribution in [-0.4, -0.2) is 29.6 Å². The van der Waals surface area contributed by atoms with E-state index in [1.54, 1.807) is 26.0 Å². The summed E-state index contributed by atoms with van der Waals surface area (Å²) in [7, 11) is 0. The van der Waals surface area contributed by atoms with E-state index in [9.17, 15) is 14.4 Å². The van der Waals surface area contributed by atoms with E-state index in [2.05, 4.69) is 10.6 Å². The largest absolute Gasteiger partial charge is 0.478 e. The predicted octanol–water partition coefficient (Wildman–Crippen LogP) is 0.695. The summed E-state index contributed by atoms with van der Waals surface area (Å²) in [6, 6.07) is 5.75. The Balaban J connectivity index is 2.43. The van der Waals surface area contributed by atoms with Gasteiger partial charge in [-0.3, -0.25) is 4.79 Å². The van der Waals surface area contributed by atoms with Crippen LogP contribution >= 0.6 is 0 Å². The number of aromatic carboxylic acids is 1. The van der Waals surface area contributed by atoms with Crippen LogP contribution < -0.4 is 16.4 Å². The van der Waals surface area contributed by atoms with Crippen molar-refractivity contribution in [3.63, 3.8) is 0 Å². The van der Waals surface area contributed by atoms with Crippen LogP contribution in [0.4, 0.5) is 4.79 Å². The number of nitrogens with one attached hydrogen (secondary N) is 2. The summed E-state index contributed by atoms with van der Waals surface area (Å²) in [6.45, 7) is 3.66. The number of hydrogen-bond acceptors (Lipinski definition) is 3. The van der Waals surface area contributed by atoms with Gasteiger partial charge in [0.1, 0.15) is 0 Å². The molecule has 1 aromatic rings. The third kappa shape index (κ3) is 5.13. The van der Waals surface area contributed by atoms with Crippen LogP contribution in [0, 0.1) is 5.41 Å². The Morgan fingerprint density at radius 1 is 1.14 bits per heavy atom. The first kappa shape index (κ1) is 16.5. The Morgan fingerprint density at radius 2 is 1.71 bits per heavy atom. The van der Waals surface area contributed by atoms with Crippen LogP contribution in [0.25, 0.3) is 0 Å². The van der Waals surface area contributed by atoms with Crippen molar-refractivity contribution < 1.29 is 19.5 Å². The number of carboxylic acid groups (broad SMARTS) is 1. The zero-order valence-electron chi connectivity index (χ0n) is 12.0. The highest BCUT2D eigenvalue weighted by Crippen LogP contribution is 2.11. The Hall–Kier alpha value is -2.57. The minimum atomic E-state index is -0.999. The van der Waals surface area contributed by atoms with Crippen LogP contribution in [0.3, 0.4) is 0 Å². The maximum absolute atomic E-state index is 11.6. The second-order valence-electron chi connectivity index (χ2n) is 5.29. The van der Waals surface area contributed by atoms with Gasteiger partial charge in [-0.1, -0.05) is 12.1 Å². The summed E-state index contributed by atoms with van der Waals surface area (Å²) in [5.74, 6) is -1.49. The number of hydrogen-bond donors (Lipinski definition) is 4. The molecule has 3 amide bonds. The Bertz CT molecular complexity index is 538. The number of nitrogens with two attached hydrogens (primary N) is 1. The van der Waals surface area contributed by atoms with Gasteiger partial charge in [0.05, 0.1) is 11.0 Å². The molecular formula is C14H19N3O4. The normalized spacial score (nSPS) is 10.8. The monoisotopic (exact) mass is 293 g/mol. The number of carbonyl (C=O) groups excluding carboxylic acids is 2. The van der Waals surface area contributed by atoms with Crippen molar-refractivity contribution in [2.75, 3.05) is 6.54 Å². The minimum absolute atomic E-state index is 0.131. The van der Waals surface area contributed by atoms with Gasteiger partial charge in [-0.05, 0) is 31.5 Å². The van der Waals surface area contributed by atoms with Gasteiger partial charge in [-0.15, -0.1) is 0 Å². The summed E-state index contributed by atoms with van der Waals surface area (Å²) in [4.78, 5) is 33.4. The molecule has 1 rings (SSSR count). The summed E-state index contributed by atoms with van der Waals surface area (Å²) < 4.78 is 0. The quantitative estimate of drug-likeness (QED) is 0.616. The predicted molar refractivity (Wildman–Crippen MR) is 76.6 cm³/mol. The first-order valence-electron chi connectivity index (χ1n) is 6.36. The number of urea groups is 1. The fourth-order valence-electron chi connectivity index (χ4n) is 1.40. The van der Waals surface area contributed by atoms with Crippen LogP contribution in [0.2, 0.25) is 0 Å². The molecule has 0 heterocycles. The highest BCUT2D eigenvalue weighted by atomic mass is 16.4. The van der Waals surface area contributed by atoms with Crippen LogP contribution in [0.15, 0.2) is 24.3 Å². The molecule has 0 spiro atoms. The second-order valence-corrected chi connectivity index (χ2v) is 5.29. The fraction of sp³-hybridized carbons (Fsp3) is 0.357. The summed E-state index contributed by atoms with van der Waals surface area (Å²) in [5, 5.41) is 13.9. The van der Waals surface area contributed by atoms with Crippen molar-refractivity contribution in [3.05, 3.63) is 35.4 Å². The van der Waals surface area contributed by atoms with Crippen molar-refractivity contribution >= 4 is 17.9 Å². The molecule has 0 aliphatic carbocycles. The molecule has 0 saturated heterocycles. The average molecular weight is 293 g/mol. The number of carbonyl (C=O) groups is 3. The zero-order valence-corrected chi connectivity index (χ0v) is 12.0. The van der Waals surface area contributed by atoms with E-state index in [4.69, 9.17) is 10.8 Å². The molecule has 114 valence electrons. The van der Waals surface area contributed by atoms with Gasteiger partial charge in [0, 0.05) is 13.1 Å². The summed E-state index contributed by atoms with van der Waals surface area (Å²) in [6.07, 6.45) is 0. The van der Waals surface area contributed by atoms with Crippen LogP contribution in [-0.2, 0) is 11.3 Å². The number of benzene rings is 1. The summed E-state index contributed by atoms with van der Waals surface area (Å²) in [5.41, 5.74) is 5.34. The molecule has 0 aliphatic heterocycles. The lowest BCUT2D eigenvalue weighted by Gasteiger charge is -2.20. The average Bonchev–Trinajstić information content (AvgIpc) is 2.43. The highest BCUT2D eigenvalue weighted by Gasteiger charge is 2.25. The van der Waals surface area contributed by atoms with Crippen molar-refractivity contribution in [1.82, 2.24) is 10.6 Å². The first-order chi connectivity index (χ1) is 9.72. The molecule has 1 aromatic carbocycles. The lowest BCUT2D eigenvalue weighted by molar-refractivity contribution is -0.125. The third-order valence-electron chi connectivity index (χ3n) is 3.01. The van der Waals surface area contributed by atoms with Crippen LogP contribution in [0.5, 0.6) is 0 Å². The van der Waals surface area contributed by atoms with Gasteiger partial charge in [-0.2, -0.15) is 0 Å². The Morgan fingerprint density at radius 3 is 2.19 bits per heavy atom. The first-order valence-corrected chi connectivity index (χ1v) is 6.36. The molecule has 7 heteroatoms. The SMILES string of the molecule is CC(C)(CNC(=O)NCc1ccc(C(=O)O)cc1)C(N)=O. The van der Waals surface area contributed by atoms with E-state index in [0.717, 1.165) is 5.56 Å². The van der Waals surface area contributed by atoms with E-state index in [0.29, 0.717) is 0 Å². The maximum atomic E-state index is 11.6. The lowest BCUT2D eigenvalue weighted by Crippen LogP contribution is -2.45. The smallest absolute Gasteiger partial charge is 0.335 e. The van der Waals surface area contributed by atoms with E-state index in [1.807, 2.05) is 0 Å². The molecule has 0 radical (unpaired) electrons. The maximum Gasteiger partial charge on any atom is 0.335 e. The molecule has 21 heavy (non-hydrogen) atoms. The van der Waals surface area contributed by atoms with Gasteiger partial charge < -0.3 is 21.5 Å². The van der Waals surface area contributed by atoms with Gasteiger partial charge in [0.25, 0.3) is 0 Å². The molecule has 7 nitrogen and oxygen atoms in total. The van der Waals surface area contributed by atoms with E-state index < -0.39 is 23.3 Å². The van der Waals surface area contributed by atoms with E-state index in [1.165, 1.54) is 12.1 Å². The number of rotatable bonds is 6. The number of carboxylic acids is 1. The fourth-order valence-corrected chi connectivity index (χ4v) is 1.40. The molecule has 0 aromatic heterocycles. The van der Waals surface area contributed by atoms with Gasteiger partial charge in [0.2, 0.25) is 5.91 Å². The molecule has 5 N–H and O–H groups in total. The van der Waals surface area contributed by atoms with Crippen molar-refractivity contribution in [2.24, 2.45) is 11.1 Å². The Kier molecular flexibility index (Phi) is 5.29. The van der Waals surface area contributed by atoms with Crippen molar-refractivity contribution in [2.45, 2.75) is 20.4 Å². The molecule has 0 bridgehead atoms. The topological polar surface area (TPSA) is 122 Å². The van der Waals surface area contributed by atoms with Gasteiger partial charge >= 0.3 is 12.0 Å². The molecule has 0 atom stereocenters. The zero-order chi connectivity index (χ0) is 16.0. The molecule has 0 unspecified atom stereocenters. The van der Waals surface area contributed by atoms with Gasteiger partial charge in [0.15, 0.2) is 0 Å². The molecule has 0 aliphatic rings. The van der Waals surface area contributed by atoms with Crippen LogP contribution in [0.1, 0.15) is 29.8 Å². The second kappa shape index (κ2) is 6.74. The van der Waals surface area contributed by atoms with E-state index >= 15 is 0 Å². The Labute approximate surface area is 122 Å². The van der Waals surface area contributed by atoms with Crippen molar-refractivity contribution in [3.8, 4) is 0 Å². The highest BCUT2D eigenvalue weighted by molar-refractivity contribution is 5.87.